The fraction of sp³-hybridized carbons (Fsp3) is 0.333. The van der Waals surface area contributed by atoms with Crippen molar-refractivity contribution in [2.75, 3.05) is 6.54 Å². The Morgan fingerprint density at radius 1 is 1.10 bits per heavy atom. The molecule has 1 fully saturated rings. The Morgan fingerprint density at radius 3 is 2.66 bits per heavy atom. The number of rotatable bonds is 4. The number of piperidine rings is 1. The fourth-order valence-electron chi connectivity index (χ4n) is 3.19. The minimum atomic E-state index is -4.09. The van der Waals surface area contributed by atoms with Crippen LogP contribution >= 0.6 is 0 Å². The number of hydrogen-bond donors (Lipinski definition) is 0. The lowest BCUT2D eigenvalue weighted by Crippen LogP contribution is -2.38. The van der Waals surface area contributed by atoms with E-state index >= 15 is 0 Å². The quantitative estimate of drug-likeness (QED) is 0.638. The molecule has 1 unspecified atom stereocenters. The second-order valence-corrected chi connectivity index (χ2v) is 8.58. The van der Waals surface area contributed by atoms with E-state index < -0.39 is 27.7 Å². The van der Waals surface area contributed by atoms with Crippen LogP contribution in [0.1, 0.15) is 36.9 Å². The Morgan fingerprint density at radius 2 is 1.93 bits per heavy atom. The Labute approximate surface area is 165 Å². The van der Waals surface area contributed by atoms with Crippen LogP contribution in [0.5, 0.6) is 0 Å². The summed E-state index contributed by atoms with van der Waals surface area (Å²) in [6.07, 6.45) is 4.90. The summed E-state index contributed by atoms with van der Waals surface area (Å²) in [6.45, 7) is 1.99. The number of sulfonamides is 1. The van der Waals surface area contributed by atoms with Gasteiger partial charge in [-0.2, -0.15) is 4.31 Å². The second-order valence-electron chi connectivity index (χ2n) is 6.69. The average molecular weight is 421 g/mol. The van der Waals surface area contributed by atoms with Gasteiger partial charge in [-0.15, -0.1) is 10.2 Å². The van der Waals surface area contributed by atoms with Crippen molar-refractivity contribution in [3.8, 4) is 11.6 Å². The predicted molar refractivity (Wildman–Crippen MR) is 96.9 cm³/mol. The number of nitrogens with zero attached hydrogens (tertiary/aromatic N) is 5. The first-order valence-corrected chi connectivity index (χ1v) is 10.4. The zero-order valence-corrected chi connectivity index (χ0v) is 16.2. The molecule has 1 aliphatic heterocycles. The highest BCUT2D eigenvalue weighted by atomic mass is 32.2. The van der Waals surface area contributed by atoms with Crippen LogP contribution in [0.25, 0.3) is 11.6 Å². The van der Waals surface area contributed by atoms with Gasteiger partial charge in [0.05, 0.1) is 16.8 Å². The molecule has 0 amide bonds. The van der Waals surface area contributed by atoms with Crippen LogP contribution in [-0.4, -0.2) is 39.4 Å². The molecular weight excluding hydrogens is 404 g/mol. The number of aromatic nitrogens is 4. The molecule has 2 aromatic heterocycles. The first kappa shape index (κ1) is 19.5. The van der Waals surface area contributed by atoms with E-state index in [0.29, 0.717) is 24.6 Å². The van der Waals surface area contributed by atoms with Crippen molar-refractivity contribution < 1.29 is 21.6 Å². The molecule has 152 valence electrons. The summed E-state index contributed by atoms with van der Waals surface area (Å²) in [5.74, 6) is -2.09. The minimum absolute atomic E-state index is 0.119. The van der Waals surface area contributed by atoms with Crippen LogP contribution in [-0.2, 0) is 10.0 Å². The highest BCUT2D eigenvalue weighted by molar-refractivity contribution is 7.89. The van der Waals surface area contributed by atoms with E-state index in [9.17, 15) is 17.2 Å². The summed E-state index contributed by atoms with van der Waals surface area (Å²) in [5, 5.41) is 7.96. The maximum atomic E-state index is 13.6. The van der Waals surface area contributed by atoms with E-state index in [1.807, 2.05) is 0 Å². The van der Waals surface area contributed by atoms with Crippen LogP contribution in [0.4, 0.5) is 8.78 Å². The van der Waals surface area contributed by atoms with Gasteiger partial charge < -0.3 is 4.42 Å². The normalized spacial score (nSPS) is 18.1. The number of benzene rings is 1. The van der Waals surface area contributed by atoms with Gasteiger partial charge in [-0.25, -0.2) is 22.2 Å². The van der Waals surface area contributed by atoms with E-state index in [4.69, 9.17) is 4.42 Å². The van der Waals surface area contributed by atoms with Gasteiger partial charge in [-0.05, 0) is 38.0 Å². The van der Waals surface area contributed by atoms with Crippen molar-refractivity contribution in [1.82, 2.24) is 24.5 Å². The maximum absolute atomic E-state index is 13.6. The third kappa shape index (κ3) is 3.75. The zero-order valence-electron chi connectivity index (χ0n) is 15.4. The van der Waals surface area contributed by atoms with Gasteiger partial charge in [-0.3, -0.25) is 4.98 Å². The number of aryl methyl sites for hydroxylation is 1. The van der Waals surface area contributed by atoms with E-state index in [1.54, 1.807) is 13.1 Å². The summed E-state index contributed by atoms with van der Waals surface area (Å²) in [4.78, 5) is 7.97. The highest BCUT2D eigenvalue weighted by Crippen LogP contribution is 2.35. The minimum Gasteiger partial charge on any atom is -0.417 e. The summed E-state index contributed by atoms with van der Waals surface area (Å²) in [5.41, 5.74) is 1.10. The summed E-state index contributed by atoms with van der Waals surface area (Å²) >= 11 is 0. The Bertz CT molecular complexity index is 1130. The lowest BCUT2D eigenvalue weighted by atomic mass is 10.1. The standard InChI is InChI=1S/C18H17F2N5O3S/c1-11-9-22-15(10-21-11)17-23-24-18(28-17)16-4-2-3-7-25(16)29(26,27)12-5-6-13(19)14(20)8-12/h5-6,8-10,16H,2-4,7H2,1H3. The molecule has 3 heterocycles. The molecular formula is C18H17F2N5O3S. The SMILES string of the molecule is Cc1cnc(-c2nnc(C3CCCCN3S(=O)(=O)c3ccc(F)c(F)c3)o2)cn1. The van der Waals surface area contributed by atoms with E-state index in [-0.39, 0.29) is 23.2 Å². The van der Waals surface area contributed by atoms with Gasteiger partial charge in [0.25, 0.3) is 5.89 Å². The molecule has 11 heteroatoms. The van der Waals surface area contributed by atoms with Crippen molar-refractivity contribution in [2.45, 2.75) is 37.1 Å². The van der Waals surface area contributed by atoms with Crippen LogP contribution < -0.4 is 0 Å². The van der Waals surface area contributed by atoms with Crippen LogP contribution in [0.2, 0.25) is 0 Å². The molecule has 0 radical (unpaired) electrons. The number of halogens is 2. The highest BCUT2D eigenvalue weighted by Gasteiger charge is 2.38. The largest absolute Gasteiger partial charge is 0.417 e. The Hall–Kier alpha value is -2.79. The Kier molecular flexibility index (Phi) is 5.09. The summed E-state index contributed by atoms with van der Waals surface area (Å²) < 4.78 is 59.9. The molecule has 1 aromatic carbocycles. The van der Waals surface area contributed by atoms with Crippen molar-refractivity contribution in [3.63, 3.8) is 0 Å². The van der Waals surface area contributed by atoms with Gasteiger partial charge in [0, 0.05) is 12.7 Å². The van der Waals surface area contributed by atoms with Gasteiger partial charge in [0.15, 0.2) is 11.6 Å². The fourth-order valence-corrected chi connectivity index (χ4v) is 4.85. The van der Waals surface area contributed by atoms with Crippen molar-refractivity contribution in [2.24, 2.45) is 0 Å². The van der Waals surface area contributed by atoms with Crippen LogP contribution in [0.15, 0.2) is 39.9 Å². The lowest BCUT2D eigenvalue weighted by molar-refractivity contribution is 0.220. The second kappa shape index (κ2) is 7.56. The summed E-state index contributed by atoms with van der Waals surface area (Å²) in [6, 6.07) is 1.81. The molecule has 3 aromatic rings. The third-order valence-electron chi connectivity index (χ3n) is 4.68. The van der Waals surface area contributed by atoms with E-state index in [1.165, 1.54) is 10.5 Å². The van der Waals surface area contributed by atoms with Crippen LogP contribution in [0.3, 0.4) is 0 Å². The molecule has 0 bridgehead atoms. The molecule has 8 nitrogen and oxygen atoms in total. The van der Waals surface area contributed by atoms with Crippen LogP contribution in [0, 0.1) is 18.6 Å². The van der Waals surface area contributed by atoms with E-state index in [0.717, 1.165) is 24.2 Å². The molecule has 4 rings (SSSR count). The molecule has 1 atom stereocenters. The monoisotopic (exact) mass is 421 g/mol. The van der Waals surface area contributed by atoms with Crippen molar-refractivity contribution in [3.05, 3.63) is 53.8 Å². The smallest absolute Gasteiger partial charge is 0.267 e. The molecule has 0 aliphatic carbocycles. The van der Waals surface area contributed by atoms with Gasteiger partial charge in [-0.1, -0.05) is 6.42 Å². The Balaban J connectivity index is 1.67. The van der Waals surface area contributed by atoms with Gasteiger partial charge >= 0.3 is 0 Å². The first-order chi connectivity index (χ1) is 13.9. The molecule has 1 saturated heterocycles. The zero-order chi connectivity index (χ0) is 20.6. The molecule has 0 N–H and O–H groups in total. The third-order valence-corrected chi connectivity index (χ3v) is 6.58. The molecule has 0 spiro atoms. The summed E-state index contributed by atoms with van der Waals surface area (Å²) in [7, 11) is -4.09. The molecule has 29 heavy (non-hydrogen) atoms. The van der Waals surface area contributed by atoms with Crippen molar-refractivity contribution in [1.29, 1.82) is 0 Å². The van der Waals surface area contributed by atoms with Gasteiger partial charge in [0.1, 0.15) is 11.7 Å². The van der Waals surface area contributed by atoms with Gasteiger partial charge in [0.2, 0.25) is 15.9 Å². The number of hydrogen-bond acceptors (Lipinski definition) is 7. The van der Waals surface area contributed by atoms with E-state index in [2.05, 4.69) is 20.2 Å². The predicted octanol–water partition coefficient (Wildman–Crippen LogP) is 3.03. The first-order valence-electron chi connectivity index (χ1n) is 8.95. The molecule has 0 saturated carbocycles. The van der Waals surface area contributed by atoms with Crippen molar-refractivity contribution >= 4 is 10.0 Å². The topological polar surface area (TPSA) is 102 Å². The molecule has 1 aliphatic rings. The maximum Gasteiger partial charge on any atom is 0.267 e. The average Bonchev–Trinajstić information content (AvgIpc) is 3.20. The lowest BCUT2D eigenvalue weighted by Gasteiger charge is -2.32.